The van der Waals surface area contributed by atoms with Crippen molar-refractivity contribution in [3.05, 3.63) is 0 Å². The van der Waals surface area contributed by atoms with E-state index in [1.54, 1.807) is 0 Å². The Labute approximate surface area is 73.5 Å². The number of hydrogen-bond acceptors (Lipinski definition) is 4. The quantitative estimate of drug-likeness (QED) is 0.420. The average molecular weight is 196 g/mol. The molecule has 0 aromatic carbocycles. The molecule has 0 aliphatic heterocycles. The molecule has 0 N–H and O–H groups in total. The zero-order valence-electron chi connectivity index (χ0n) is 6.00. The normalized spacial score (nSPS) is 7.40. The highest BCUT2D eigenvalue weighted by molar-refractivity contribution is 7.99. The van der Waals surface area contributed by atoms with Crippen molar-refractivity contribution in [2.75, 3.05) is 17.3 Å². The second-order valence-corrected chi connectivity index (χ2v) is 3.37. The fourth-order valence-corrected chi connectivity index (χ4v) is 1.32. The molecule has 0 fully saturated rings. The molecule has 0 unspecified atom stereocenters. The fraction of sp³-hybridized carbons (Fsp3) is 1.00. The summed E-state index contributed by atoms with van der Waals surface area (Å²) in [5.74, 6) is 3.56. The zero-order chi connectivity index (χ0) is 8.24. The molecule has 0 atom stereocenters. The van der Waals surface area contributed by atoms with Gasteiger partial charge < -0.3 is 0 Å². The molecule has 60 valence electrons. The summed E-state index contributed by atoms with van der Waals surface area (Å²) in [4.78, 5) is 0. The lowest BCUT2D eigenvalue weighted by atomic mass is 10.6. The highest BCUT2D eigenvalue weighted by Crippen LogP contribution is 2.00. The molecule has 2 nitrogen and oxygen atoms in total. The molecule has 0 amide bonds. The van der Waals surface area contributed by atoms with Gasteiger partial charge in [-0.15, -0.1) is 0 Å². The number of rotatable bonds is 4. The third-order valence-corrected chi connectivity index (χ3v) is 1.95. The maximum Gasteiger partial charge on any atom is 0.549 e. The summed E-state index contributed by atoms with van der Waals surface area (Å²) in [5.41, 5.74) is 0. The molecule has 0 aliphatic carbocycles. The summed E-state index contributed by atoms with van der Waals surface area (Å²) in [5, 5.41) is 0. The highest BCUT2D eigenvalue weighted by atomic mass is 32.2. The van der Waals surface area contributed by atoms with Crippen LogP contribution in [0.25, 0.3) is 0 Å². The van der Waals surface area contributed by atoms with Gasteiger partial charge >= 0.3 is 9.29 Å². The van der Waals surface area contributed by atoms with Crippen molar-refractivity contribution < 1.29 is 8.92 Å². The maximum absolute atomic E-state index is 8.40. The lowest BCUT2D eigenvalue weighted by Gasteiger charge is -1.90. The lowest BCUT2D eigenvalue weighted by Crippen LogP contribution is -1.79. The van der Waals surface area contributed by atoms with Gasteiger partial charge in [0.25, 0.3) is 0 Å². The van der Waals surface area contributed by atoms with Crippen LogP contribution in [0, 0.1) is 0 Å². The van der Waals surface area contributed by atoms with E-state index in [0.717, 1.165) is 5.75 Å². The molecular formula is C5H12O2S2Si. The van der Waals surface area contributed by atoms with Gasteiger partial charge in [-0.05, 0) is 23.7 Å². The summed E-state index contributed by atoms with van der Waals surface area (Å²) in [6.07, 6.45) is 1.25. The van der Waals surface area contributed by atoms with Crippen molar-refractivity contribution in [2.24, 2.45) is 0 Å². The minimum Gasteiger partial charge on any atom is -0.274 e. The second-order valence-electron chi connectivity index (χ2n) is 1.36. The maximum atomic E-state index is 8.40. The molecule has 5 heteroatoms. The minimum atomic E-state index is -1.42. The van der Waals surface area contributed by atoms with E-state index in [1.165, 1.54) is 17.9 Å². The molecule has 0 saturated heterocycles. The summed E-state index contributed by atoms with van der Waals surface area (Å²) in [7, 11) is -1.42. The third-order valence-electron chi connectivity index (χ3n) is 0.651. The summed E-state index contributed by atoms with van der Waals surface area (Å²) in [6, 6.07) is 0. The first-order chi connectivity index (χ1) is 4.83. The molecule has 0 heterocycles. The number of thioether (sulfide) groups is 1. The Bertz CT molecular complexity index is 79.7. The monoisotopic (exact) mass is 196 g/mol. The second kappa shape index (κ2) is 16.3. The van der Waals surface area contributed by atoms with Gasteiger partial charge in [-0.25, -0.2) is 0 Å². The van der Waals surface area contributed by atoms with Crippen LogP contribution in [0.15, 0.2) is 0 Å². The molecule has 0 saturated carbocycles. The van der Waals surface area contributed by atoms with Crippen LogP contribution in [0.1, 0.15) is 13.3 Å². The van der Waals surface area contributed by atoms with Crippen LogP contribution in [-0.2, 0) is 8.92 Å². The van der Waals surface area contributed by atoms with E-state index < -0.39 is 9.29 Å². The summed E-state index contributed by atoms with van der Waals surface area (Å²) >= 11 is 6.06. The van der Waals surface area contributed by atoms with Crippen LogP contribution in [0.5, 0.6) is 0 Å². The van der Waals surface area contributed by atoms with E-state index in [2.05, 4.69) is 19.6 Å². The molecule has 0 aromatic rings. The third kappa shape index (κ3) is 23.6. The van der Waals surface area contributed by atoms with Crippen molar-refractivity contribution >= 4 is 33.7 Å². The van der Waals surface area contributed by atoms with Gasteiger partial charge in [-0.2, -0.15) is 24.4 Å². The Morgan fingerprint density at radius 1 is 1.50 bits per heavy atom. The van der Waals surface area contributed by atoms with E-state index in [1.807, 2.05) is 11.8 Å². The molecule has 0 bridgehead atoms. The summed E-state index contributed by atoms with van der Waals surface area (Å²) in [6.45, 7) is 2.18. The Morgan fingerprint density at radius 2 is 2.00 bits per heavy atom. The van der Waals surface area contributed by atoms with Crippen molar-refractivity contribution in [1.82, 2.24) is 0 Å². The van der Waals surface area contributed by atoms with E-state index in [9.17, 15) is 0 Å². The summed E-state index contributed by atoms with van der Waals surface area (Å²) < 4.78 is 16.8. The van der Waals surface area contributed by atoms with Crippen LogP contribution >= 0.6 is 24.4 Å². The first-order valence-corrected chi connectivity index (χ1v) is 5.61. The van der Waals surface area contributed by atoms with Crippen molar-refractivity contribution in [3.63, 3.8) is 0 Å². The van der Waals surface area contributed by atoms with Crippen LogP contribution in [0.2, 0.25) is 0 Å². The van der Waals surface area contributed by atoms with Gasteiger partial charge in [0, 0.05) is 0 Å². The topological polar surface area (TPSA) is 34.1 Å². The Balaban J connectivity index is 0. The molecule has 0 aliphatic rings. The fourth-order valence-electron chi connectivity index (χ4n) is 0.311. The predicted octanol–water partition coefficient (Wildman–Crippen LogP) is 1.44. The van der Waals surface area contributed by atoms with Gasteiger partial charge in [0.1, 0.15) is 0 Å². The molecule has 0 spiro atoms. The lowest BCUT2D eigenvalue weighted by molar-refractivity contribution is 0.497. The number of thiol groups is 1. The van der Waals surface area contributed by atoms with E-state index in [4.69, 9.17) is 8.92 Å². The van der Waals surface area contributed by atoms with Gasteiger partial charge in [0.15, 0.2) is 0 Å². The van der Waals surface area contributed by atoms with Crippen LogP contribution in [0.4, 0.5) is 0 Å². The van der Waals surface area contributed by atoms with Crippen molar-refractivity contribution in [2.45, 2.75) is 13.3 Å². The van der Waals surface area contributed by atoms with Gasteiger partial charge in [0.2, 0.25) is 0 Å². The Hall–Kier alpha value is 0.517. The standard InChI is InChI=1S/C5H12S2.O2Si/c1-2-7-5-3-4-6;1-3-2/h6H,2-5H2,1H3;. The minimum absolute atomic E-state index is 1.03. The molecule has 0 aromatic heterocycles. The van der Waals surface area contributed by atoms with Crippen LogP contribution in [-0.4, -0.2) is 26.6 Å². The first-order valence-electron chi connectivity index (χ1n) is 3.01. The average Bonchev–Trinajstić information content (AvgIpc) is 1.91. The Kier molecular flexibility index (Phi) is 21.3. The smallest absolute Gasteiger partial charge is 0.274 e. The van der Waals surface area contributed by atoms with E-state index >= 15 is 0 Å². The number of hydrogen-bond donors (Lipinski definition) is 1. The SMILES string of the molecule is CCSCCCS.O=[Si]=O. The zero-order valence-corrected chi connectivity index (χ0v) is 8.71. The predicted molar refractivity (Wildman–Crippen MR) is 48.6 cm³/mol. The highest BCUT2D eigenvalue weighted by Gasteiger charge is 1.80. The van der Waals surface area contributed by atoms with Crippen LogP contribution in [0.3, 0.4) is 0 Å². The van der Waals surface area contributed by atoms with E-state index in [-0.39, 0.29) is 0 Å². The molecule has 0 radical (unpaired) electrons. The molecule has 0 rings (SSSR count). The van der Waals surface area contributed by atoms with Gasteiger partial charge in [0.05, 0.1) is 0 Å². The van der Waals surface area contributed by atoms with Crippen molar-refractivity contribution in [3.8, 4) is 0 Å². The van der Waals surface area contributed by atoms with E-state index in [0.29, 0.717) is 0 Å². The largest absolute Gasteiger partial charge is 0.549 e. The van der Waals surface area contributed by atoms with Gasteiger partial charge in [-0.3, -0.25) is 8.92 Å². The molecular weight excluding hydrogens is 184 g/mol. The first kappa shape index (κ1) is 13.1. The van der Waals surface area contributed by atoms with Gasteiger partial charge in [-0.1, -0.05) is 6.92 Å². The van der Waals surface area contributed by atoms with Crippen molar-refractivity contribution in [1.29, 1.82) is 0 Å². The Morgan fingerprint density at radius 3 is 2.30 bits per heavy atom. The van der Waals surface area contributed by atoms with Crippen LogP contribution < -0.4 is 0 Å². The molecule has 10 heavy (non-hydrogen) atoms.